The number of rotatable bonds is 8. The third kappa shape index (κ3) is 6.41. The van der Waals surface area contributed by atoms with Crippen molar-refractivity contribution in [2.24, 2.45) is 0 Å². The monoisotopic (exact) mass is 544 g/mol. The minimum Gasteiger partial charge on any atom is -0.493 e. The average Bonchev–Trinajstić information content (AvgIpc) is 3.43. The van der Waals surface area contributed by atoms with Gasteiger partial charge in [-0.15, -0.1) is 0 Å². The lowest BCUT2D eigenvalue weighted by Crippen LogP contribution is -2.39. The van der Waals surface area contributed by atoms with Crippen molar-refractivity contribution in [2.75, 3.05) is 25.0 Å². The molecule has 4 aromatic rings. The van der Waals surface area contributed by atoms with Crippen molar-refractivity contribution < 1.29 is 19.1 Å². The average molecular weight is 545 g/mol. The summed E-state index contributed by atoms with van der Waals surface area (Å²) < 4.78 is 13.2. The molecule has 5 rings (SSSR count). The summed E-state index contributed by atoms with van der Waals surface area (Å²) in [5, 5.41) is 7.79. The summed E-state index contributed by atoms with van der Waals surface area (Å²) in [7, 11) is 0. The molecule has 2 amide bonds. The van der Waals surface area contributed by atoms with E-state index in [1.807, 2.05) is 65.2 Å². The quantitative estimate of drug-likeness (QED) is 0.275. The largest absolute Gasteiger partial charge is 0.493 e. The first-order valence-corrected chi connectivity index (χ1v) is 13.3. The zero-order valence-electron chi connectivity index (χ0n) is 21.5. The number of halogens is 1. The van der Waals surface area contributed by atoms with E-state index in [1.165, 1.54) is 0 Å². The summed E-state index contributed by atoms with van der Waals surface area (Å²) >= 11 is 6.09. The van der Waals surface area contributed by atoms with E-state index in [-0.39, 0.29) is 17.9 Å². The lowest BCUT2D eigenvalue weighted by atomic mass is 10.0. The van der Waals surface area contributed by atoms with Gasteiger partial charge in [0.1, 0.15) is 17.2 Å². The fourth-order valence-electron chi connectivity index (χ4n) is 4.57. The SMILES string of the molecule is CCOc1ccc(Cl)cc1C(=O)Nc1cnn(C2CCN(C(=O)c3ccc(Oc4ccccc4)cc3)CC2)c1. The van der Waals surface area contributed by atoms with E-state index in [9.17, 15) is 9.59 Å². The molecule has 0 unspecified atom stereocenters. The van der Waals surface area contributed by atoms with Crippen molar-refractivity contribution in [3.8, 4) is 17.2 Å². The number of aromatic nitrogens is 2. The molecule has 1 fully saturated rings. The topological polar surface area (TPSA) is 85.7 Å². The number of anilines is 1. The Morgan fingerprint density at radius 1 is 1.00 bits per heavy atom. The Kier molecular flexibility index (Phi) is 8.13. The number of hydrogen-bond donors (Lipinski definition) is 1. The fourth-order valence-corrected chi connectivity index (χ4v) is 4.74. The zero-order chi connectivity index (χ0) is 27.2. The Bertz CT molecular complexity index is 1430. The number of benzene rings is 3. The second-order valence-corrected chi connectivity index (χ2v) is 9.64. The lowest BCUT2D eigenvalue weighted by Gasteiger charge is -2.32. The maximum absolute atomic E-state index is 13.1. The van der Waals surface area contributed by atoms with E-state index in [2.05, 4.69) is 10.4 Å². The maximum atomic E-state index is 13.1. The van der Waals surface area contributed by atoms with Crippen LogP contribution >= 0.6 is 11.6 Å². The highest BCUT2D eigenvalue weighted by molar-refractivity contribution is 6.31. The Morgan fingerprint density at radius 3 is 2.44 bits per heavy atom. The number of piperidine rings is 1. The summed E-state index contributed by atoms with van der Waals surface area (Å²) in [6.07, 6.45) is 4.97. The molecule has 0 aliphatic carbocycles. The second-order valence-electron chi connectivity index (χ2n) is 9.20. The van der Waals surface area contributed by atoms with Crippen LogP contribution in [0.1, 0.15) is 46.5 Å². The number of carbonyl (C=O) groups is 2. The minimum absolute atomic E-state index is 0.000229. The van der Waals surface area contributed by atoms with Crippen LogP contribution < -0.4 is 14.8 Å². The molecule has 0 radical (unpaired) electrons. The highest BCUT2D eigenvalue weighted by Gasteiger charge is 2.25. The van der Waals surface area contributed by atoms with Crippen molar-refractivity contribution in [2.45, 2.75) is 25.8 Å². The lowest BCUT2D eigenvalue weighted by molar-refractivity contribution is 0.0689. The van der Waals surface area contributed by atoms with E-state index < -0.39 is 0 Å². The summed E-state index contributed by atoms with van der Waals surface area (Å²) in [5.41, 5.74) is 1.58. The molecular weight excluding hydrogens is 516 g/mol. The fraction of sp³-hybridized carbons (Fsp3) is 0.233. The van der Waals surface area contributed by atoms with Gasteiger partial charge in [0.2, 0.25) is 0 Å². The zero-order valence-corrected chi connectivity index (χ0v) is 22.3. The predicted molar refractivity (Wildman–Crippen MR) is 150 cm³/mol. The van der Waals surface area contributed by atoms with Crippen molar-refractivity contribution >= 4 is 29.1 Å². The van der Waals surface area contributed by atoms with Gasteiger partial charge < -0.3 is 19.7 Å². The molecule has 1 aliphatic heterocycles. The van der Waals surface area contributed by atoms with Gasteiger partial charge in [0, 0.05) is 29.9 Å². The first kappa shape index (κ1) is 26.3. The van der Waals surface area contributed by atoms with Gasteiger partial charge >= 0.3 is 0 Å². The van der Waals surface area contributed by atoms with Gasteiger partial charge in [0.05, 0.1) is 30.1 Å². The Morgan fingerprint density at radius 2 is 1.72 bits per heavy atom. The number of nitrogens with one attached hydrogen (secondary N) is 1. The van der Waals surface area contributed by atoms with Crippen LogP contribution in [0, 0.1) is 0 Å². The molecule has 2 heterocycles. The van der Waals surface area contributed by atoms with Crippen molar-refractivity contribution in [1.82, 2.24) is 14.7 Å². The first-order valence-electron chi connectivity index (χ1n) is 12.9. The third-order valence-electron chi connectivity index (χ3n) is 6.55. The molecule has 0 bridgehead atoms. The molecule has 200 valence electrons. The van der Waals surface area contributed by atoms with E-state index in [0.29, 0.717) is 53.0 Å². The number of nitrogens with zero attached hydrogens (tertiary/aromatic N) is 3. The van der Waals surface area contributed by atoms with Crippen molar-refractivity contribution in [1.29, 1.82) is 0 Å². The van der Waals surface area contributed by atoms with Gasteiger partial charge in [-0.2, -0.15) is 5.10 Å². The Labute approximate surface area is 232 Å². The molecule has 8 nitrogen and oxygen atoms in total. The standard InChI is InChI=1S/C30H29ClN4O4/c1-2-38-28-13-10-22(31)18-27(28)29(36)33-23-19-32-35(20-23)24-14-16-34(17-15-24)30(37)21-8-11-26(12-9-21)39-25-6-4-3-5-7-25/h3-13,18-20,24H,2,14-17H2,1H3,(H,33,36). The first-order chi connectivity index (χ1) is 19.0. The van der Waals surface area contributed by atoms with Crippen LogP contribution in [-0.4, -0.2) is 46.2 Å². The molecule has 1 aliphatic rings. The van der Waals surface area contributed by atoms with Gasteiger partial charge in [-0.25, -0.2) is 0 Å². The molecule has 1 aromatic heterocycles. The van der Waals surface area contributed by atoms with Gasteiger partial charge in [0.15, 0.2) is 0 Å². The molecule has 39 heavy (non-hydrogen) atoms. The molecule has 1 N–H and O–H groups in total. The number of carbonyl (C=O) groups excluding carboxylic acids is 2. The molecule has 1 saturated heterocycles. The predicted octanol–water partition coefficient (Wildman–Crippen LogP) is 6.46. The maximum Gasteiger partial charge on any atom is 0.259 e. The number of amides is 2. The number of para-hydroxylation sites is 1. The molecule has 9 heteroatoms. The summed E-state index contributed by atoms with van der Waals surface area (Å²) in [4.78, 5) is 27.8. The van der Waals surface area contributed by atoms with Gasteiger partial charge in [-0.1, -0.05) is 29.8 Å². The Hall–Kier alpha value is -4.30. The highest BCUT2D eigenvalue weighted by Crippen LogP contribution is 2.27. The number of hydrogen-bond acceptors (Lipinski definition) is 5. The molecule has 0 atom stereocenters. The normalized spacial score (nSPS) is 13.6. The van der Waals surface area contributed by atoms with Crippen LogP contribution in [0.2, 0.25) is 5.02 Å². The van der Waals surface area contributed by atoms with Crippen LogP contribution in [0.25, 0.3) is 0 Å². The second kappa shape index (κ2) is 12.0. The summed E-state index contributed by atoms with van der Waals surface area (Å²) in [6.45, 7) is 3.53. The van der Waals surface area contributed by atoms with E-state index in [0.717, 1.165) is 18.6 Å². The smallest absolute Gasteiger partial charge is 0.259 e. The van der Waals surface area contributed by atoms with Crippen LogP contribution in [0.5, 0.6) is 17.2 Å². The van der Waals surface area contributed by atoms with Crippen molar-refractivity contribution in [3.05, 3.63) is 101 Å². The van der Waals surface area contributed by atoms with Crippen LogP contribution in [-0.2, 0) is 0 Å². The molecular formula is C30H29ClN4O4. The van der Waals surface area contributed by atoms with Gasteiger partial charge in [-0.05, 0) is 74.4 Å². The number of likely N-dealkylation sites (tertiary alicyclic amines) is 1. The van der Waals surface area contributed by atoms with Crippen molar-refractivity contribution in [3.63, 3.8) is 0 Å². The molecule has 0 spiro atoms. The number of ether oxygens (including phenoxy) is 2. The van der Waals surface area contributed by atoms with E-state index in [1.54, 1.807) is 36.5 Å². The Balaban J connectivity index is 1.15. The minimum atomic E-state index is -0.318. The summed E-state index contributed by atoms with van der Waals surface area (Å²) in [6, 6.07) is 21.8. The third-order valence-corrected chi connectivity index (χ3v) is 6.79. The molecule has 0 saturated carbocycles. The highest BCUT2D eigenvalue weighted by atomic mass is 35.5. The van der Waals surface area contributed by atoms with Crippen LogP contribution in [0.4, 0.5) is 5.69 Å². The van der Waals surface area contributed by atoms with Gasteiger partial charge in [0.25, 0.3) is 11.8 Å². The van der Waals surface area contributed by atoms with E-state index >= 15 is 0 Å². The van der Waals surface area contributed by atoms with E-state index in [4.69, 9.17) is 21.1 Å². The van der Waals surface area contributed by atoms with Crippen LogP contribution in [0.3, 0.4) is 0 Å². The molecule has 3 aromatic carbocycles. The van der Waals surface area contributed by atoms with Gasteiger partial charge in [-0.3, -0.25) is 14.3 Å². The van der Waals surface area contributed by atoms with Crippen LogP contribution in [0.15, 0.2) is 85.2 Å². The summed E-state index contributed by atoms with van der Waals surface area (Å²) in [5.74, 6) is 1.59.